The first-order valence-corrected chi connectivity index (χ1v) is 8.57. The summed E-state index contributed by atoms with van der Waals surface area (Å²) in [7, 11) is 1.31. The summed E-state index contributed by atoms with van der Waals surface area (Å²) < 4.78 is 6.71. The molecule has 2 N–H and O–H groups in total. The molecule has 0 spiro atoms. The number of nitro groups is 1. The Kier molecular flexibility index (Phi) is 5.09. The molecule has 2 aromatic heterocycles. The fourth-order valence-corrected chi connectivity index (χ4v) is 3.13. The van der Waals surface area contributed by atoms with Gasteiger partial charge >= 0.3 is 5.69 Å². The lowest BCUT2D eigenvalue weighted by Gasteiger charge is -2.05. The molecule has 0 aliphatic carbocycles. The van der Waals surface area contributed by atoms with Crippen molar-refractivity contribution in [2.45, 2.75) is 6.42 Å². The molecule has 11 heteroatoms. The Labute approximate surface area is 156 Å². The van der Waals surface area contributed by atoms with Crippen LogP contribution >= 0.6 is 23.6 Å². The SMILES string of the molecule is COc1cc(/C=N\n2c(Cc3cccs3)n[nH]c2=S)cc([N+](=O)[O-])c1O. The van der Waals surface area contributed by atoms with Gasteiger partial charge in [0.05, 0.1) is 18.2 Å². The molecule has 134 valence electrons. The number of hydrogen-bond donors (Lipinski definition) is 2. The smallest absolute Gasteiger partial charge is 0.315 e. The Morgan fingerprint density at radius 1 is 1.58 bits per heavy atom. The number of rotatable bonds is 6. The van der Waals surface area contributed by atoms with Gasteiger partial charge in [0.1, 0.15) is 0 Å². The van der Waals surface area contributed by atoms with E-state index in [2.05, 4.69) is 15.3 Å². The molecule has 0 saturated carbocycles. The maximum atomic E-state index is 11.1. The molecule has 26 heavy (non-hydrogen) atoms. The monoisotopic (exact) mass is 391 g/mol. The van der Waals surface area contributed by atoms with E-state index in [0.29, 0.717) is 22.6 Å². The summed E-state index contributed by atoms with van der Waals surface area (Å²) in [5.74, 6) is 0.0529. The number of H-pyrrole nitrogens is 1. The Morgan fingerprint density at radius 2 is 2.38 bits per heavy atom. The fraction of sp³-hybridized carbons (Fsp3) is 0.133. The molecule has 0 radical (unpaired) electrons. The van der Waals surface area contributed by atoms with E-state index in [9.17, 15) is 15.2 Å². The molecule has 0 amide bonds. The molecule has 0 bridgehead atoms. The number of hydrogen-bond acceptors (Lipinski definition) is 8. The van der Waals surface area contributed by atoms with Crippen molar-refractivity contribution in [3.05, 3.63) is 60.8 Å². The molecule has 1 aromatic carbocycles. The van der Waals surface area contributed by atoms with Gasteiger partial charge in [-0.3, -0.25) is 15.2 Å². The van der Waals surface area contributed by atoms with Crippen molar-refractivity contribution in [1.29, 1.82) is 0 Å². The number of methoxy groups -OCH3 is 1. The number of thiophene rings is 1. The van der Waals surface area contributed by atoms with Crippen LogP contribution in [0.15, 0.2) is 34.7 Å². The van der Waals surface area contributed by atoms with Gasteiger partial charge in [0, 0.05) is 22.9 Å². The summed E-state index contributed by atoms with van der Waals surface area (Å²) in [5, 5.41) is 34.0. The van der Waals surface area contributed by atoms with Crippen LogP contribution in [0.2, 0.25) is 0 Å². The van der Waals surface area contributed by atoms with Gasteiger partial charge in [0.2, 0.25) is 10.5 Å². The van der Waals surface area contributed by atoms with Gasteiger partial charge in [-0.15, -0.1) is 11.3 Å². The van der Waals surface area contributed by atoms with Crippen LogP contribution in [0.25, 0.3) is 0 Å². The number of phenols is 1. The molecule has 3 rings (SSSR count). The van der Waals surface area contributed by atoms with Gasteiger partial charge in [-0.2, -0.15) is 14.9 Å². The minimum absolute atomic E-state index is 0.0183. The summed E-state index contributed by atoms with van der Waals surface area (Å²) in [6.07, 6.45) is 1.93. The molecular weight excluding hydrogens is 378 g/mol. The molecule has 0 aliphatic heterocycles. The molecule has 2 heterocycles. The lowest BCUT2D eigenvalue weighted by molar-refractivity contribution is -0.386. The van der Waals surface area contributed by atoms with Crippen molar-refractivity contribution >= 4 is 35.5 Å². The van der Waals surface area contributed by atoms with Gasteiger partial charge in [-0.05, 0) is 29.7 Å². The van der Waals surface area contributed by atoms with E-state index in [0.717, 1.165) is 4.88 Å². The van der Waals surface area contributed by atoms with Crippen molar-refractivity contribution < 1.29 is 14.8 Å². The third kappa shape index (κ3) is 3.63. The van der Waals surface area contributed by atoms with Crippen LogP contribution in [0.3, 0.4) is 0 Å². The summed E-state index contributed by atoms with van der Waals surface area (Å²) >= 11 is 6.77. The largest absolute Gasteiger partial charge is 0.500 e. The molecule has 0 unspecified atom stereocenters. The number of phenolic OH excluding ortho intramolecular Hbond substituents is 1. The molecular formula is C15H13N5O4S2. The number of nitrogens with zero attached hydrogens (tertiary/aromatic N) is 4. The fourth-order valence-electron chi connectivity index (χ4n) is 2.23. The van der Waals surface area contributed by atoms with Crippen LogP contribution in [-0.2, 0) is 6.42 Å². The average Bonchev–Trinajstić information content (AvgIpc) is 3.24. The second-order valence-corrected chi connectivity index (χ2v) is 6.52. The zero-order chi connectivity index (χ0) is 18.7. The van der Waals surface area contributed by atoms with Gasteiger partial charge in [0.15, 0.2) is 11.6 Å². The third-order valence-electron chi connectivity index (χ3n) is 3.45. The number of ether oxygens (including phenoxy) is 1. The van der Waals surface area contributed by atoms with Crippen molar-refractivity contribution in [3.63, 3.8) is 0 Å². The molecule has 0 atom stereocenters. The second-order valence-electron chi connectivity index (χ2n) is 5.11. The van der Waals surface area contributed by atoms with Crippen molar-refractivity contribution in [2.24, 2.45) is 5.10 Å². The number of aromatic amines is 1. The Balaban J connectivity index is 1.96. The molecule has 9 nitrogen and oxygen atoms in total. The van der Waals surface area contributed by atoms with E-state index in [1.807, 2.05) is 17.5 Å². The van der Waals surface area contributed by atoms with Gasteiger partial charge in [0.25, 0.3) is 0 Å². The van der Waals surface area contributed by atoms with Gasteiger partial charge in [-0.1, -0.05) is 6.07 Å². The highest BCUT2D eigenvalue weighted by molar-refractivity contribution is 7.71. The minimum Gasteiger partial charge on any atom is -0.500 e. The molecule has 0 saturated heterocycles. The van der Waals surface area contributed by atoms with E-state index in [1.54, 1.807) is 11.3 Å². The van der Waals surface area contributed by atoms with Gasteiger partial charge < -0.3 is 9.84 Å². The van der Waals surface area contributed by atoms with Crippen LogP contribution in [0.5, 0.6) is 11.5 Å². The average molecular weight is 391 g/mol. The first-order valence-electron chi connectivity index (χ1n) is 7.28. The number of aromatic nitrogens is 3. The molecule has 0 aliphatic rings. The number of nitrogens with one attached hydrogen (secondary N) is 1. The lowest BCUT2D eigenvalue weighted by Crippen LogP contribution is -2.00. The summed E-state index contributed by atoms with van der Waals surface area (Å²) in [6.45, 7) is 0. The first-order chi connectivity index (χ1) is 12.5. The highest BCUT2D eigenvalue weighted by Crippen LogP contribution is 2.36. The Morgan fingerprint density at radius 3 is 3.04 bits per heavy atom. The first kappa shape index (κ1) is 17.8. The van der Waals surface area contributed by atoms with E-state index in [4.69, 9.17) is 17.0 Å². The van der Waals surface area contributed by atoms with E-state index >= 15 is 0 Å². The zero-order valence-electron chi connectivity index (χ0n) is 13.4. The highest BCUT2D eigenvalue weighted by atomic mass is 32.1. The summed E-state index contributed by atoms with van der Waals surface area (Å²) in [5.41, 5.74) is -0.100. The van der Waals surface area contributed by atoms with E-state index < -0.39 is 16.4 Å². The standard InChI is InChI=1S/C15H13N5O4S2/c1-24-12-6-9(5-11(14(12)21)20(22)23)8-16-19-13(17-18-15(19)25)7-10-3-2-4-26-10/h2-6,8,21H,7H2,1H3,(H,18,25)/b16-8-. The maximum Gasteiger partial charge on any atom is 0.315 e. The third-order valence-corrected chi connectivity index (χ3v) is 4.59. The molecule has 3 aromatic rings. The number of benzene rings is 1. The van der Waals surface area contributed by atoms with Crippen LogP contribution in [0, 0.1) is 14.9 Å². The van der Waals surface area contributed by atoms with Crippen LogP contribution in [-0.4, -0.2) is 38.2 Å². The highest BCUT2D eigenvalue weighted by Gasteiger charge is 2.19. The van der Waals surface area contributed by atoms with E-state index in [1.165, 1.54) is 30.1 Å². The normalized spacial score (nSPS) is 11.1. The van der Waals surface area contributed by atoms with E-state index in [-0.39, 0.29) is 5.75 Å². The predicted octanol–water partition coefficient (Wildman–Crippen LogP) is 3.10. The zero-order valence-corrected chi connectivity index (χ0v) is 15.1. The van der Waals surface area contributed by atoms with Crippen molar-refractivity contribution in [2.75, 3.05) is 7.11 Å². The number of nitro benzene ring substituents is 1. The molecule has 0 fully saturated rings. The van der Waals surface area contributed by atoms with Crippen molar-refractivity contribution in [3.8, 4) is 11.5 Å². The predicted molar refractivity (Wildman–Crippen MR) is 98.8 cm³/mol. The van der Waals surface area contributed by atoms with Crippen LogP contribution in [0.4, 0.5) is 5.69 Å². The topological polar surface area (TPSA) is 119 Å². The van der Waals surface area contributed by atoms with Crippen molar-refractivity contribution in [1.82, 2.24) is 14.9 Å². The number of aromatic hydroxyl groups is 1. The Hall–Kier alpha value is -3.05. The minimum atomic E-state index is -0.694. The summed E-state index contributed by atoms with van der Waals surface area (Å²) in [4.78, 5) is 11.5. The van der Waals surface area contributed by atoms with Gasteiger partial charge in [-0.25, -0.2) is 0 Å². The second kappa shape index (κ2) is 7.45. The lowest BCUT2D eigenvalue weighted by atomic mass is 10.2. The quantitative estimate of drug-likeness (QED) is 0.288. The van der Waals surface area contributed by atoms with Crippen LogP contribution in [0.1, 0.15) is 16.3 Å². The maximum absolute atomic E-state index is 11.1. The van der Waals surface area contributed by atoms with Crippen LogP contribution < -0.4 is 4.74 Å². The Bertz CT molecular complexity index is 1020. The summed E-state index contributed by atoms with van der Waals surface area (Å²) in [6, 6.07) is 6.56.